The van der Waals surface area contributed by atoms with Crippen molar-refractivity contribution in [1.82, 2.24) is 5.01 Å². The van der Waals surface area contributed by atoms with Gasteiger partial charge in [-0.1, -0.05) is 24.3 Å². The van der Waals surface area contributed by atoms with Crippen LogP contribution in [-0.4, -0.2) is 41.7 Å². The number of primary amides is 1. The van der Waals surface area contributed by atoms with Crippen LogP contribution in [0.2, 0.25) is 0 Å². The zero-order valence-corrected chi connectivity index (χ0v) is 18.1. The molecule has 31 heavy (non-hydrogen) atoms. The van der Waals surface area contributed by atoms with E-state index < -0.39 is 12.0 Å². The van der Waals surface area contributed by atoms with Crippen LogP contribution >= 0.6 is 22.7 Å². The monoisotopic (exact) mass is 452 g/mol. The third-order valence-corrected chi connectivity index (χ3v) is 7.24. The Hall–Kier alpha value is -3.17. The van der Waals surface area contributed by atoms with Crippen LogP contribution in [-0.2, 0) is 9.59 Å². The molecule has 0 saturated heterocycles. The smallest absolute Gasteiger partial charge is 0.262 e. The number of carbonyl (C=O) groups is 2. The Morgan fingerprint density at radius 3 is 2.65 bits per heavy atom. The normalized spacial score (nSPS) is 20.2. The molecule has 158 valence electrons. The van der Waals surface area contributed by atoms with E-state index in [1.165, 1.54) is 0 Å². The number of fused-ring (bicyclic) bond motifs is 1. The van der Waals surface area contributed by atoms with Crippen LogP contribution in [0.15, 0.2) is 64.4 Å². The van der Waals surface area contributed by atoms with Gasteiger partial charge in [-0.3, -0.25) is 9.59 Å². The predicted molar refractivity (Wildman–Crippen MR) is 122 cm³/mol. The van der Waals surface area contributed by atoms with Crippen LogP contribution in [0, 0.1) is 0 Å². The number of thiophene rings is 2. The van der Waals surface area contributed by atoms with E-state index in [0.717, 1.165) is 21.2 Å². The molecule has 2 aliphatic rings. The van der Waals surface area contributed by atoms with Crippen molar-refractivity contribution in [3.05, 3.63) is 69.0 Å². The van der Waals surface area contributed by atoms with Gasteiger partial charge in [0.05, 0.1) is 35.4 Å². The first-order chi connectivity index (χ1) is 15.1. The van der Waals surface area contributed by atoms with Crippen LogP contribution < -0.4 is 15.4 Å². The maximum absolute atomic E-state index is 13.4. The predicted octanol–water partition coefficient (Wildman–Crippen LogP) is 3.24. The highest BCUT2D eigenvalue weighted by atomic mass is 32.1. The fourth-order valence-electron chi connectivity index (χ4n) is 3.87. The second kappa shape index (κ2) is 8.16. The molecule has 2 aliphatic heterocycles. The SMILES string of the molecule is NC(=O)[C@H]1CN(CC(=O)N2N=C(c3cccs3)C[C@@H]2c2cccs2)c2ccccc2O1. The van der Waals surface area contributed by atoms with E-state index in [0.29, 0.717) is 12.2 Å². The van der Waals surface area contributed by atoms with E-state index in [1.54, 1.807) is 33.7 Å². The Morgan fingerprint density at radius 1 is 1.10 bits per heavy atom. The summed E-state index contributed by atoms with van der Waals surface area (Å²) in [6, 6.07) is 15.3. The highest BCUT2D eigenvalue weighted by Gasteiger charge is 2.36. The Labute approximate surface area is 187 Å². The van der Waals surface area contributed by atoms with Crippen molar-refractivity contribution >= 4 is 45.9 Å². The Kier molecular flexibility index (Phi) is 5.21. The van der Waals surface area contributed by atoms with Crippen LogP contribution in [0.3, 0.4) is 0 Å². The number of ether oxygens (including phenoxy) is 1. The number of nitrogens with zero attached hydrogens (tertiary/aromatic N) is 3. The number of rotatable bonds is 5. The topological polar surface area (TPSA) is 88.2 Å². The average Bonchev–Trinajstić information content (AvgIpc) is 3.54. The van der Waals surface area contributed by atoms with Crippen LogP contribution in [0.25, 0.3) is 0 Å². The second-order valence-electron chi connectivity index (χ2n) is 7.35. The first kappa shape index (κ1) is 19.8. The van der Waals surface area contributed by atoms with Gasteiger partial charge >= 0.3 is 0 Å². The molecular weight excluding hydrogens is 432 g/mol. The molecule has 7 nitrogen and oxygen atoms in total. The van der Waals surface area contributed by atoms with E-state index in [4.69, 9.17) is 15.6 Å². The molecule has 0 aliphatic carbocycles. The van der Waals surface area contributed by atoms with Crippen LogP contribution in [0.1, 0.15) is 22.2 Å². The molecule has 9 heteroatoms. The summed E-state index contributed by atoms with van der Waals surface area (Å²) in [7, 11) is 0. The minimum absolute atomic E-state index is 0.0766. The van der Waals surface area contributed by atoms with Crippen molar-refractivity contribution in [2.24, 2.45) is 10.8 Å². The van der Waals surface area contributed by atoms with E-state index in [1.807, 2.05) is 58.1 Å². The molecule has 0 unspecified atom stereocenters. The quantitative estimate of drug-likeness (QED) is 0.644. The van der Waals surface area contributed by atoms with Gasteiger partial charge < -0.3 is 15.4 Å². The maximum atomic E-state index is 13.4. The van der Waals surface area contributed by atoms with Gasteiger partial charge in [0.15, 0.2) is 6.10 Å². The van der Waals surface area contributed by atoms with Crippen molar-refractivity contribution in [2.45, 2.75) is 18.6 Å². The van der Waals surface area contributed by atoms with Crippen LogP contribution in [0.5, 0.6) is 5.75 Å². The molecule has 2 amide bonds. The number of hydrazone groups is 1. The molecule has 5 rings (SSSR count). The van der Waals surface area contributed by atoms with E-state index in [9.17, 15) is 9.59 Å². The molecular formula is C22H20N4O3S2. The maximum Gasteiger partial charge on any atom is 0.262 e. The van der Waals surface area contributed by atoms with Gasteiger partial charge in [0.25, 0.3) is 11.8 Å². The molecule has 2 N–H and O–H groups in total. The van der Waals surface area contributed by atoms with Crippen molar-refractivity contribution in [3.8, 4) is 5.75 Å². The molecule has 1 aromatic carbocycles. The number of anilines is 1. The van der Waals surface area contributed by atoms with Gasteiger partial charge in [0.1, 0.15) is 5.75 Å². The van der Waals surface area contributed by atoms with Gasteiger partial charge in [-0.05, 0) is 35.0 Å². The molecule has 0 bridgehead atoms. The number of amides is 2. The van der Waals surface area contributed by atoms with Crippen molar-refractivity contribution < 1.29 is 14.3 Å². The lowest BCUT2D eigenvalue weighted by Gasteiger charge is -2.35. The first-order valence-corrected chi connectivity index (χ1v) is 11.6. The van der Waals surface area contributed by atoms with Gasteiger partial charge in [0.2, 0.25) is 0 Å². The first-order valence-electron chi connectivity index (χ1n) is 9.87. The van der Waals surface area contributed by atoms with Crippen molar-refractivity contribution in [1.29, 1.82) is 0 Å². The lowest BCUT2D eigenvalue weighted by atomic mass is 10.1. The number of carbonyl (C=O) groups excluding carboxylic acids is 2. The largest absolute Gasteiger partial charge is 0.477 e. The molecule has 0 radical (unpaired) electrons. The molecule has 3 aromatic rings. The summed E-state index contributed by atoms with van der Waals surface area (Å²) in [4.78, 5) is 29.3. The summed E-state index contributed by atoms with van der Waals surface area (Å²) in [5, 5.41) is 10.3. The van der Waals surface area contributed by atoms with E-state index in [-0.39, 0.29) is 25.0 Å². The number of hydrogen-bond acceptors (Lipinski definition) is 7. The van der Waals surface area contributed by atoms with Gasteiger partial charge in [-0.15, -0.1) is 22.7 Å². The minimum Gasteiger partial charge on any atom is -0.477 e. The van der Waals surface area contributed by atoms with Gasteiger partial charge in [-0.2, -0.15) is 5.10 Å². The lowest BCUT2D eigenvalue weighted by Crippen LogP contribution is -2.50. The number of nitrogens with two attached hydrogens (primary N) is 1. The molecule has 2 aromatic heterocycles. The second-order valence-corrected chi connectivity index (χ2v) is 9.28. The van der Waals surface area contributed by atoms with Crippen molar-refractivity contribution in [2.75, 3.05) is 18.0 Å². The summed E-state index contributed by atoms with van der Waals surface area (Å²) in [5.41, 5.74) is 7.18. The fourth-order valence-corrected chi connectivity index (χ4v) is 5.41. The lowest BCUT2D eigenvalue weighted by molar-refractivity contribution is -0.132. The summed E-state index contributed by atoms with van der Waals surface area (Å²) >= 11 is 3.24. The van der Waals surface area contributed by atoms with Gasteiger partial charge in [-0.25, -0.2) is 5.01 Å². The van der Waals surface area contributed by atoms with Crippen molar-refractivity contribution in [3.63, 3.8) is 0 Å². The van der Waals surface area contributed by atoms with E-state index >= 15 is 0 Å². The molecule has 0 saturated carbocycles. The standard InChI is InChI=1S/C22H20N4O3S2/c23-22(28)18-12-25(15-5-1-2-6-17(15)29-18)13-21(27)26-16(20-8-4-10-31-20)11-14(24-26)19-7-3-9-30-19/h1-10,16,18H,11-13H2,(H2,23,28)/t16-,18-/m1/s1. The number of hydrogen-bond donors (Lipinski definition) is 1. The number of para-hydroxylation sites is 2. The minimum atomic E-state index is -0.806. The zero-order chi connectivity index (χ0) is 21.4. The van der Waals surface area contributed by atoms with E-state index in [2.05, 4.69) is 0 Å². The summed E-state index contributed by atoms with van der Waals surface area (Å²) in [6.45, 7) is 0.296. The Morgan fingerprint density at radius 2 is 1.90 bits per heavy atom. The average molecular weight is 453 g/mol. The third-order valence-electron chi connectivity index (χ3n) is 5.35. The molecule has 4 heterocycles. The molecule has 0 spiro atoms. The zero-order valence-electron chi connectivity index (χ0n) is 16.5. The summed E-state index contributed by atoms with van der Waals surface area (Å²) in [6.07, 6.45) is -0.129. The molecule has 0 fully saturated rings. The highest BCUT2D eigenvalue weighted by molar-refractivity contribution is 7.12. The summed E-state index contributed by atoms with van der Waals surface area (Å²) < 4.78 is 5.71. The highest BCUT2D eigenvalue weighted by Crippen LogP contribution is 2.37. The Balaban J connectivity index is 1.43. The Bertz CT molecular complexity index is 1130. The fraction of sp³-hybridized carbons (Fsp3) is 0.227. The van der Waals surface area contributed by atoms with Crippen LogP contribution in [0.4, 0.5) is 5.69 Å². The molecule has 2 atom stereocenters. The number of benzene rings is 1. The van der Waals surface area contributed by atoms with Gasteiger partial charge in [0, 0.05) is 11.3 Å². The summed E-state index contributed by atoms with van der Waals surface area (Å²) in [5.74, 6) is -0.142. The third kappa shape index (κ3) is 3.82.